The summed E-state index contributed by atoms with van der Waals surface area (Å²) in [6, 6.07) is 7.47. The Labute approximate surface area is 118 Å². The number of hydrogen-bond donors (Lipinski definition) is 2. The summed E-state index contributed by atoms with van der Waals surface area (Å²) >= 11 is 5.22. The molecule has 0 spiro atoms. The van der Waals surface area contributed by atoms with Crippen molar-refractivity contribution >= 4 is 32.9 Å². The van der Waals surface area contributed by atoms with E-state index < -0.39 is 9.84 Å². The normalized spacial score (nSPS) is 21.1. The van der Waals surface area contributed by atoms with Crippen LogP contribution in [0.15, 0.2) is 24.3 Å². The van der Waals surface area contributed by atoms with Crippen molar-refractivity contribution in [2.45, 2.75) is 19.4 Å². The van der Waals surface area contributed by atoms with E-state index in [1.54, 1.807) is 0 Å². The zero-order valence-corrected chi connectivity index (χ0v) is 12.3. The Morgan fingerprint density at radius 1 is 1.47 bits per heavy atom. The lowest BCUT2D eigenvalue weighted by Gasteiger charge is -2.26. The van der Waals surface area contributed by atoms with Crippen LogP contribution in [0, 0.1) is 6.92 Å². The van der Waals surface area contributed by atoms with Crippen molar-refractivity contribution in [3.8, 4) is 0 Å². The van der Waals surface area contributed by atoms with Crippen LogP contribution in [0.5, 0.6) is 0 Å². The van der Waals surface area contributed by atoms with Gasteiger partial charge in [-0.1, -0.05) is 18.2 Å². The van der Waals surface area contributed by atoms with E-state index in [0.29, 0.717) is 11.5 Å². The van der Waals surface area contributed by atoms with Gasteiger partial charge >= 0.3 is 0 Å². The Kier molecular flexibility index (Phi) is 4.07. The topological polar surface area (TPSA) is 75.4 Å². The Morgan fingerprint density at radius 2 is 2.16 bits per heavy atom. The molecule has 0 bridgehead atoms. The third kappa shape index (κ3) is 3.43. The molecule has 1 aromatic rings. The fraction of sp³-hybridized carbons (Fsp3) is 0.417. The molecule has 1 heterocycles. The fourth-order valence-electron chi connectivity index (χ4n) is 2.05. The largest absolute Gasteiger partial charge is 0.331 e. The summed E-state index contributed by atoms with van der Waals surface area (Å²) in [7, 11) is -2.96. The van der Waals surface area contributed by atoms with Crippen LogP contribution in [-0.2, 0) is 9.84 Å². The van der Waals surface area contributed by atoms with Crippen molar-refractivity contribution in [1.82, 2.24) is 5.01 Å². The van der Waals surface area contributed by atoms with Gasteiger partial charge in [-0.05, 0) is 37.2 Å². The maximum absolute atomic E-state index is 11.4. The highest BCUT2D eigenvalue weighted by atomic mass is 32.2. The minimum absolute atomic E-state index is 0.0685. The van der Waals surface area contributed by atoms with E-state index >= 15 is 0 Å². The van der Waals surface area contributed by atoms with Gasteiger partial charge in [0.15, 0.2) is 14.9 Å². The van der Waals surface area contributed by atoms with Crippen molar-refractivity contribution in [3.05, 3.63) is 29.8 Å². The molecule has 2 rings (SSSR count). The second kappa shape index (κ2) is 5.44. The van der Waals surface area contributed by atoms with Crippen molar-refractivity contribution in [2.24, 2.45) is 5.84 Å². The number of anilines is 1. The minimum atomic E-state index is -2.96. The molecular formula is C12H17N3O2S2. The van der Waals surface area contributed by atoms with Crippen LogP contribution in [0.2, 0.25) is 0 Å². The molecule has 1 aliphatic heterocycles. The van der Waals surface area contributed by atoms with Crippen LogP contribution in [0.4, 0.5) is 5.69 Å². The molecule has 0 amide bonds. The molecule has 0 aromatic heterocycles. The summed E-state index contributed by atoms with van der Waals surface area (Å²) in [6.45, 7) is 1.96. The molecule has 7 heteroatoms. The van der Waals surface area contributed by atoms with Crippen molar-refractivity contribution < 1.29 is 8.42 Å². The van der Waals surface area contributed by atoms with Gasteiger partial charge in [0.2, 0.25) is 0 Å². The van der Waals surface area contributed by atoms with Gasteiger partial charge in [0.25, 0.3) is 0 Å². The lowest BCUT2D eigenvalue weighted by molar-refractivity contribution is 0.352. The fourth-order valence-corrected chi connectivity index (χ4v) is 4.02. The average molecular weight is 299 g/mol. The number of nitrogens with one attached hydrogen (secondary N) is 1. The third-order valence-corrected chi connectivity index (χ3v) is 5.29. The van der Waals surface area contributed by atoms with Gasteiger partial charge in [-0.3, -0.25) is 5.01 Å². The second-order valence-electron chi connectivity index (χ2n) is 4.71. The number of para-hydroxylation sites is 1. The predicted molar refractivity (Wildman–Crippen MR) is 80.5 cm³/mol. The Hall–Kier alpha value is -1.18. The maximum Gasteiger partial charge on any atom is 0.188 e. The van der Waals surface area contributed by atoms with Crippen LogP contribution < -0.4 is 11.2 Å². The van der Waals surface area contributed by atoms with Gasteiger partial charge in [0, 0.05) is 5.69 Å². The molecule has 0 aliphatic carbocycles. The summed E-state index contributed by atoms with van der Waals surface area (Å²) in [5, 5.41) is 4.75. The number of benzene rings is 1. The zero-order chi connectivity index (χ0) is 14.0. The molecule has 1 saturated heterocycles. The first-order chi connectivity index (χ1) is 8.89. The van der Waals surface area contributed by atoms with Crippen LogP contribution in [0.25, 0.3) is 0 Å². The monoisotopic (exact) mass is 299 g/mol. The number of rotatable bonds is 2. The lowest BCUT2D eigenvalue weighted by Crippen LogP contribution is -2.48. The van der Waals surface area contributed by atoms with Gasteiger partial charge in [0.1, 0.15) is 0 Å². The minimum Gasteiger partial charge on any atom is -0.331 e. The smallest absolute Gasteiger partial charge is 0.188 e. The summed E-state index contributed by atoms with van der Waals surface area (Å²) in [5.41, 5.74) is 1.93. The van der Waals surface area contributed by atoms with E-state index in [4.69, 9.17) is 18.1 Å². The van der Waals surface area contributed by atoms with E-state index in [9.17, 15) is 8.42 Å². The number of aryl methyl sites for hydroxylation is 1. The number of thiocarbonyl (C=S) groups is 1. The number of hydrogen-bond acceptors (Lipinski definition) is 4. The molecule has 1 aliphatic rings. The third-order valence-electron chi connectivity index (χ3n) is 3.22. The predicted octanol–water partition coefficient (Wildman–Crippen LogP) is 1.05. The van der Waals surface area contributed by atoms with E-state index in [1.807, 2.05) is 31.2 Å². The zero-order valence-electron chi connectivity index (χ0n) is 10.7. The summed E-state index contributed by atoms with van der Waals surface area (Å²) in [5.74, 6) is 6.15. The van der Waals surface area contributed by atoms with Crippen molar-refractivity contribution in [1.29, 1.82) is 0 Å². The molecule has 5 nitrogen and oxygen atoms in total. The van der Waals surface area contributed by atoms with Crippen molar-refractivity contribution in [3.63, 3.8) is 0 Å². The van der Waals surface area contributed by atoms with Crippen molar-refractivity contribution in [2.75, 3.05) is 16.8 Å². The summed E-state index contributed by atoms with van der Waals surface area (Å²) in [4.78, 5) is 0. The van der Waals surface area contributed by atoms with Crippen LogP contribution in [-0.4, -0.2) is 36.1 Å². The summed E-state index contributed by atoms with van der Waals surface area (Å²) in [6.07, 6.45) is 0.522. The van der Waals surface area contributed by atoms with E-state index in [-0.39, 0.29) is 17.5 Å². The van der Waals surface area contributed by atoms with Gasteiger partial charge in [-0.2, -0.15) is 0 Å². The maximum atomic E-state index is 11.4. The van der Waals surface area contributed by atoms with E-state index in [2.05, 4.69) is 5.32 Å². The highest BCUT2D eigenvalue weighted by Crippen LogP contribution is 2.18. The number of nitrogens with two attached hydrogens (primary N) is 1. The molecule has 1 aromatic carbocycles. The molecule has 19 heavy (non-hydrogen) atoms. The van der Waals surface area contributed by atoms with Crippen LogP contribution in [0.1, 0.15) is 12.0 Å². The molecule has 0 radical (unpaired) electrons. The van der Waals surface area contributed by atoms with Gasteiger partial charge in [-0.25, -0.2) is 14.3 Å². The van der Waals surface area contributed by atoms with Gasteiger partial charge in [0.05, 0.1) is 17.5 Å². The lowest BCUT2D eigenvalue weighted by atomic mass is 10.2. The molecule has 3 N–H and O–H groups in total. The molecule has 1 fully saturated rings. The molecule has 0 saturated carbocycles. The standard InChI is InChI=1S/C12H17N3O2S2/c1-9-4-2-3-5-11(9)14-12(18)15(13)10-6-7-19(16,17)8-10/h2-5,10H,6-8,13H2,1H3,(H,14,18). The Morgan fingerprint density at radius 3 is 2.74 bits per heavy atom. The SMILES string of the molecule is Cc1ccccc1NC(=S)N(N)C1CCS(=O)(=O)C1. The number of nitrogens with zero attached hydrogens (tertiary/aromatic N) is 1. The van der Waals surface area contributed by atoms with Crippen LogP contribution in [0.3, 0.4) is 0 Å². The first kappa shape index (κ1) is 14.2. The summed E-state index contributed by atoms with van der Waals surface area (Å²) < 4.78 is 22.9. The molecule has 104 valence electrons. The highest BCUT2D eigenvalue weighted by Gasteiger charge is 2.32. The molecule has 1 unspecified atom stereocenters. The van der Waals surface area contributed by atoms with Gasteiger partial charge in [-0.15, -0.1) is 0 Å². The first-order valence-corrected chi connectivity index (χ1v) is 8.23. The Balaban J connectivity index is 2.03. The van der Waals surface area contributed by atoms with E-state index in [0.717, 1.165) is 11.3 Å². The number of sulfone groups is 1. The molecule has 1 atom stereocenters. The number of hydrazine groups is 1. The van der Waals surface area contributed by atoms with Crippen LogP contribution >= 0.6 is 12.2 Å². The first-order valence-electron chi connectivity index (χ1n) is 6.00. The Bertz CT molecular complexity index is 586. The quantitative estimate of drug-likeness (QED) is 0.483. The average Bonchev–Trinajstić information content (AvgIpc) is 2.71. The highest BCUT2D eigenvalue weighted by molar-refractivity contribution is 7.91. The van der Waals surface area contributed by atoms with E-state index in [1.165, 1.54) is 5.01 Å². The van der Waals surface area contributed by atoms with Gasteiger partial charge < -0.3 is 5.32 Å². The second-order valence-corrected chi connectivity index (χ2v) is 7.32. The molecular weight excluding hydrogens is 282 g/mol.